The Bertz CT molecular complexity index is 506. The molecule has 1 rings (SSSR count). The van der Waals surface area contributed by atoms with Gasteiger partial charge in [-0.1, -0.05) is 25.3 Å². The first-order valence-electron chi connectivity index (χ1n) is 7.37. The fourth-order valence-electron chi connectivity index (χ4n) is 2.06. The van der Waals surface area contributed by atoms with E-state index in [0.29, 0.717) is 18.7 Å². The van der Waals surface area contributed by atoms with Crippen LogP contribution in [0.3, 0.4) is 0 Å². The van der Waals surface area contributed by atoms with Crippen LogP contribution in [-0.4, -0.2) is 43.5 Å². The number of carbonyl (C=O) groups excluding carboxylic acids is 1. The van der Waals surface area contributed by atoms with E-state index in [-0.39, 0.29) is 5.91 Å². The van der Waals surface area contributed by atoms with Crippen molar-refractivity contribution in [3.63, 3.8) is 0 Å². The van der Waals surface area contributed by atoms with Gasteiger partial charge in [-0.05, 0) is 50.8 Å². The number of rotatable bonds is 9. The van der Waals surface area contributed by atoms with Crippen molar-refractivity contribution >= 4 is 5.91 Å². The molecule has 22 heavy (non-hydrogen) atoms. The molecule has 0 saturated heterocycles. The fraction of sp³-hybridized carbons (Fsp3) is 0.389. The molecule has 0 aromatic heterocycles. The number of carbonyl (C=O) groups is 1. The molecule has 4 nitrogen and oxygen atoms in total. The maximum Gasteiger partial charge on any atom is 0.227 e. The molecule has 0 radical (unpaired) electrons. The first-order valence-corrected chi connectivity index (χ1v) is 7.37. The highest BCUT2D eigenvalue weighted by Gasteiger charge is 2.15. The molecule has 0 aliphatic heterocycles. The molecule has 0 N–H and O–H groups in total. The number of nitrogens with zero attached hydrogens (tertiary/aromatic N) is 2. The highest BCUT2D eigenvalue weighted by molar-refractivity contribution is 5.78. The second-order valence-electron chi connectivity index (χ2n) is 5.43. The number of benzene rings is 1. The highest BCUT2D eigenvalue weighted by atomic mass is 16.5. The summed E-state index contributed by atoms with van der Waals surface area (Å²) in [6.07, 6.45) is 2.95. The van der Waals surface area contributed by atoms with Crippen molar-refractivity contribution in [1.82, 2.24) is 9.80 Å². The molecular weight excluding hydrogens is 276 g/mol. The first-order chi connectivity index (χ1) is 10.5. The van der Waals surface area contributed by atoms with E-state index in [4.69, 9.17) is 4.74 Å². The van der Waals surface area contributed by atoms with Crippen molar-refractivity contribution in [2.45, 2.75) is 19.4 Å². The Labute approximate surface area is 133 Å². The minimum atomic E-state index is 0.0718. The molecule has 1 amide bonds. The second kappa shape index (κ2) is 9.05. The van der Waals surface area contributed by atoms with Gasteiger partial charge < -0.3 is 14.5 Å². The van der Waals surface area contributed by atoms with Crippen LogP contribution in [0.5, 0.6) is 5.75 Å². The molecule has 120 valence electrons. The average molecular weight is 302 g/mol. The number of hydrogen-bond acceptors (Lipinski definition) is 3. The molecule has 0 bridgehead atoms. The molecule has 0 aliphatic carbocycles. The number of ether oxygens (including phenoxy) is 1. The minimum absolute atomic E-state index is 0.0718. The van der Waals surface area contributed by atoms with Gasteiger partial charge in [0, 0.05) is 12.1 Å². The Morgan fingerprint density at radius 2 is 1.91 bits per heavy atom. The van der Waals surface area contributed by atoms with Gasteiger partial charge >= 0.3 is 0 Å². The number of amides is 1. The second-order valence-corrected chi connectivity index (χ2v) is 5.43. The third kappa shape index (κ3) is 5.74. The number of hydrogen-bond donors (Lipinski definition) is 0. The van der Waals surface area contributed by atoms with Crippen molar-refractivity contribution in [3.05, 3.63) is 54.8 Å². The Morgan fingerprint density at radius 3 is 2.41 bits per heavy atom. The molecule has 0 unspecified atom stereocenters. The van der Waals surface area contributed by atoms with Gasteiger partial charge in [-0.2, -0.15) is 0 Å². The zero-order chi connectivity index (χ0) is 16.5. The molecule has 0 fully saturated rings. The van der Waals surface area contributed by atoms with Gasteiger partial charge in [0.1, 0.15) is 5.75 Å². The molecule has 4 heteroatoms. The van der Waals surface area contributed by atoms with Gasteiger partial charge in [-0.25, -0.2) is 0 Å². The van der Waals surface area contributed by atoms with Crippen LogP contribution in [0.1, 0.15) is 18.4 Å². The van der Waals surface area contributed by atoms with Crippen molar-refractivity contribution in [1.29, 1.82) is 0 Å². The summed E-state index contributed by atoms with van der Waals surface area (Å²) in [5.41, 5.74) is 1.66. The summed E-state index contributed by atoms with van der Waals surface area (Å²) in [5.74, 6) is 0.873. The number of methoxy groups -OCH3 is 1. The summed E-state index contributed by atoms with van der Waals surface area (Å²) in [7, 11) is 5.64. The van der Waals surface area contributed by atoms with Crippen LogP contribution in [0.15, 0.2) is 49.2 Å². The summed E-state index contributed by atoms with van der Waals surface area (Å²) >= 11 is 0. The van der Waals surface area contributed by atoms with E-state index in [1.165, 1.54) is 0 Å². The van der Waals surface area contributed by atoms with Crippen molar-refractivity contribution in [2.24, 2.45) is 0 Å². The van der Waals surface area contributed by atoms with E-state index in [2.05, 4.69) is 18.1 Å². The van der Waals surface area contributed by atoms with Gasteiger partial charge in [-0.15, -0.1) is 0 Å². The smallest absolute Gasteiger partial charge is 0.227 e. The predicted octanol–water partition coefficient (Wildman–Crippen LogP) is 3.07. The van der Waals surface area contributed by atoms with E-state index >= 15 is 0 Å². The van der Waals surface area contributed by atoms with E-state index in [0.717, 1.165) is 24.3 Å². The molecule has 0 saturated carbocycles. The Kier molecular flexibility index (Phi) is 7.40. The van der Waals surface area contributed by atoms with Gasteiger partial charge in [0.25, 0.3) is 0 Å². The first kappa shape index (κ1) is 18.0. The van der Waals surface area contributed by atoms with Crippen molar-refractivity contribution in [2.75, 3.05) is 27.7 Å². The van der Waals surface area contributed by atoms with E-state index in [9.17, 15) is 4.79 Å². The topological polar surface area (TPSA) is 32.8 Å². The van der Waals surface area contributed by atoms with Gasteiger partial charge in [0.05, 0.1) is 13.7 Å². The minimum Gasteiger partial charge on any atom is -0.497 e. The molecule has 1 aromatic rings. The summed E-state index contributed by atoms with van der Waals surface area (Å²) in [6, 6.07) is 7.69. The van der Waals surface area contributed by atoms with Crippen LogP contribution >= 0.6 is 0 Å². The SMILES string of the molecule is C=CC(=C)N(Cc1ccc(OC)cc1)C(=O)CCCN(C)C. The third-order valence-electron chi connectivity index (χ3n) is 3.38. The van der Waals surface area contributed by atoms with Crippen LogP contribution in [-0.2, 0) is 11.3 Å². The molecule has 1 aromatic carbocycles. The Morgan fingerprint density at radius 1 is 1.27 bits per heavy atom. The van der Waals surface area contributed by atoms with Gasteiger partial charge in [0.2, 0.25) is 5.91 Å². The fourth-order valence-corrected chi connectivity index (χ4v) is 2.06. The summed E-state index contributed by atoms with van der Waals surface area (Å²) in [6.45, 7) is 9.03. The highest BCUT2D eigenvalue weighted by Crippen LogP contribution is 2.16. The largest absolute Gasteiger partial charge is 0.497 e. The third-order valence-corrected chi connectivity index (χ3v) is 3.38. The van der Waals surface area contributed by atoms with E-state index in [1.54, 1.807) is 18.1 Å². The Hall–Kier alpha value is -2.07. The van der Waals surface area contributed by atoms with Crippen LogP contribution in [0.2, 0.25) is 0 Å². The Balaban J connectivity index is 2.72. The molecule has 0 aliphatic rings. The zero-order valence-electron chi connectivity index (χ0n) is 13.8. The monoisotopic (exact) mass is 302 g/mol. The maximum atomic E-state index is 12.4. The van der Waals surface area contributed by atoms with Gasteiger partial charge in [-0.3, -0.25) is 4.79 Å². The normalized spacial score (nSPS) is 10.4. The zero-order valence-corrected chi connectivity index (χ0v) is 13.8. The van der Waals surface area contributed by atoms with Crippen LogP contribution in [0.4, 0.5) is 0 Å². The summed E-state index contributed by atoms with van der Waals surface area (Å²) in [5, 5.41) is 0. The lowest BCUT2D eigenvalue weighted by Gasteiger charge is -2.23. The molecule has 0 spiro atoms. The lowest BCUT2D eigenvalue weighted by Crippen LogP contribution is -2.29. The van der Waals surface area contributed by atoms with Crippen LogP contribution in [0.25, 0.3) is 0 Å². The standard InChI is InChI=1S/C18H26N2O2/c1-6-15(2)20(18(21)8-7-13-19(3)4)14-16-9-11-17(22-5)12-10-16/h6,9-12H,1-2,7-8,13-14H2,3-5H3. The van der Waals surface area contributed by atoms with Crippen LogP contribution < -0.4 is 4.74 Å². The molecular formula is C18H26N2O2. The predicted molar refractivity (Wildman–Crippen MR) is 90.7 cm³/mol. The maximum absolute atomic E-state index is 12.4. The van der Waals surface area contributed by atoms with Gasteiger partial charge in [0.15, 0.2) is 0 Å². The molecule has 0 atom stereocenters. The quantitative estimate of drug-likeness (QED) is 0.657. The molecule has 0 heterocycles. The van der Waals surface area contributed by atoms with Crippen molar-refractivity contribution in [3.8, 4) is 5.75 Å². The van der Waals surface area contributed by atoms with Crippen molar-refractivity contribution < 1.29 is 9.53 Å². The number of allylic oxidation sites excluding steroid dienone is 1. The summed E-state index contributed by atoms with van der Waals surface area (Å²) < 4.78 is 5.15. The lowest BCUT2D eigenvalue weighted by atomic mass is 10.1. The van der Waals surface area contributed by atoms with E-state index in [1.807, 2.05) is 38.4 Å². The lowest BCUT2D eigenvalue weighted by molar-refractivity contribution is -0.129. The van der Waals surface area contributed by atoms with E-state index < -0.39 is 0 Å². The summed E-state index contributed by atoms with van der Waals surface area (Å²) in [4.78, 5) is 16.2. The average Bonchev–Trinajstić information content (AvgIpc) is 2.51. The van der Waals surface area contributed by atoms with Crippen LogP contribution in [0, 0.1) is 0 Å².